The molecular formula is C22H33N3O2. The summed E-state index contributed by atoms with van der Waals surface area (Å²) in [7, 11) is 0. The molecule has 5 heteroatoms. The van der Waals surface area contributed by atoms with E-state index in [2.05, 4.69) is 39.8 Å². The van der Waals surface area contributed by atoms with Crippen molar-refractivity contribution in [3.63, 3.8) is 0 Å². The van der Waals surface area contributed by atoms with Crippen molar-refractivity contribution in [2.75, 3.05) is 32.8 Å². The van der Waals surface area contributed by atoms with Gasteiger partial charge in [0.25, 0.3) is 0 Å². The van der Waals surface area contributed by atoms with Gasteiger partial charge in [-0.1, -0.05) is 30.3 Å². The van der Waals surface area contributed by atoms with Gasteiger partial charge >= 0.3 is 0 Å². The smallest absolute Gasteiger partial charge is 0.240 e. The lowest BCUT2D eigenvalue weighted by atomic mass is 9.84. The van der Waals surface area contributed by atoms with E-state index in [9.17, 15) is 4.79 Å². The number of hydrogen-bond acceptors (Lipinski definition) is 4. The van der Waals surface area contributed by atoms with Crippen LogP contribution in [0.25, 0.3) is 0 Å². The number of fused-ring (bicyclic) bond motifs is 1. The minimum Gasteiger partial charge on any atom is -0.381 e. The van der Waals surface area contributed by atoms with Crippen LogP contribution in [0.3, 0.4) is 0 Å². The third kappa shape index (κ3) is 4.36. The van der Waals surface area contributed by atoms with Crippen molar-refractivity contribution in [3.05, 3.63) is 35.9 Å². The zero-order chi connectivity index (χ0) is 18.5. The fourth-order valence-electron chi connectivity index (χ4n) is 5.12. The van der Waals surface area contributed by atoms with E-state index in [1.165, 1.54) is 12.0 Å². The Labute approximate surface area is 162 Å². The van der Waals surface area contributed by atoms with Gasteiger partial charge in [0, 0.05) is 38.4 Å². The Hall–Kier alpha value is -1.43. The van der Waals surface area contributed by atoms with Gasteiger partial charge < -0.3 is 15.4 Å². The molecule has 1 amide bonds. The van der Waals surface area contributed by atoms with Crippen molar-refractivity contribution in [3.8, 4) is 0 Å². The Bertz CT molecular complexity index is 617. The van der Waals surface area contributed by atoms with Crippen LogP contribution >= 0.6 is 0 Å². The molecule has 1 aromatic rings. The maximum Gasteiger partial charge on any atom is 0.240 e. The van der Waals surface area contributed by atoms with Crippen LogP contribution in [-0.2, 0) is 16.0 Å². The van der Waals surface area contributed by atoms with Gasteiger partial charge in [-0.3, -0.25) is 9.69 Å². The van der Waals surface area contributed by atoms with Crippen molar-refractivity contribution in [1.82, 2.24) is 15.5 Å². The first-order valence-electron chi connectivity index (χ1n) is 10.7. The largest absolute Gasteiger partial charge is 0.381 e. The van der Waals surface area contributed by atoms with E-state index in [0.717, 1.165) is 71.4 Å². The second kappa shape index (κ2) is 8.72. The highest BCUT2D eigenvalue weighted by molar-refractivity contribution is 5.87. The second-order valence-corrected chi connectivity index (χ2v) is 8.38. The first-order valence-corrected chi connectivity index (χ1v) is 10.7. The molecule has 0 aliphatic carbocycles. The molecule has 0 radical (unpaired) electrons. The fraction of sp³-hybridized carbons (Fsp3) is 0.682. The summed E-state index contributed by atoms with van der Waals surface area (Å²) < 4.78 is 5.48. The van der Waals surface area contributed by atoms with Crippen LogP contribution in [0.15, 0.2) is 30.3 Å². The lowest BCUT2D eigenvalue weighted by molar-refractivity contribution is -0.133. The summed E-state index contributed by atoms with van der Waals surface area (Å²) in [5.41, 5.74) is 0.985. The van der Waals surface area contributed by atoms with E-state index in [1.807, 2.05) is 6.07 Å². The number of piperidine rings is 1. The summed E-state index contributed by atoms with van der Waals surface area (Å²) in [6.07, 6.45) is 7.39. The van der Waals surface area contributed by atoms with Gasteiger partial charge in [0.2, 0.25) is 5.91 Å². The van der Waals surface area contributed by atoms with Crippen molar-refractivity contribution < 1.29 is 9.53 Å². The zero-order valence-corrected chi connectivity index (χ0v) is 16.3. The second-order valence-electron chi connectivity index (χ2n) is 8.38. The molecule has 0 saturated carbocycles. The molecule has 0 aromatic heterocycles. The van der Waals surface area contributed by atoms with Gasteiger partial charge in [-0.25, -0.2) is 0 Å². The molecule has 3 heterocycles. The Morgan fingerprint density at radius 2 is 1.96 bits per heavy atom. The molecule has 3 fully saturated rings. The number of benzene rings is 1. The van der Waals surface area contributed by atoms with Crippen LogP contribution in [0.5, 0.6) is 0 Å². The van der Waals surface area contributed by atoms with Gasteiger partial charge in [0.1, 0.15) is 5.54 Å². The van der Waals surface area contributed by atoms with Crippen molar-refractivity contribution in [2.45, 2.75) is 62.6 Å². The Kier molecular flexibility index (Phi) is 6.11. The summed E-state index contributed by atoms with van der Waals surface area (Å²) in [5, 5.41) is 7.09. The molecule has 0 bridgehead atoms. The van der Waals surface area contributed by atoms with E-state index in [1.54, 1.807) is 0 Å². The van der Waals surface area contributed by atoms with E-state index in [0.29, 0.717) is 12.1 Å². The highest BCUT2D eigenvalue weighted by atomic mass is 16.5. The Morgan fingerprint density at radius 3 is 2.78 bits per heavy atom. The molecule has 1 aromatic carbocycles. The van der Waals surface area contributed by atoms with Crippen LogP contribution < -0.4 is 10.6 Å². The monoisotopic (exact) mass is 371 g/mol. The Balaban J connectivity index is 1.35. The van der Waals surface area contributed by atoms with E-state index < -0.39 is 0 Å². The van der Waals surface area contributed by atoms with Gasteiger partial charge in [-0.2, -0.15) is 0 Å². The summed E-state index contributed by atoms with van der Waals surface area (Å²) in [6.45, 7) is 4.50. The number of hydrogen-bond donors (Lipinski definition) is 2. The average Bonchev–Trinajstić information content (AvgIpc) is 3.08. The SMILES string of the molecule is O=C(NCCc1ccccc1)[C@@]12CCCCN1C[C@@H](NC1CCOCC1)C2. The first-order chi connectivity index (χ1) is 13.3. The number of carbonyl (C=O) groups excluding carboxylic acids is 1. The summed E-state index contributed by atoms with van der Waals surface area (Å²) in [5.74, 6) is 0.245. The maximum absolute atomic E-state index is 13.2. The molecule has 148 valence electrons. The molecule has 4 rings (SSSR count). The number of amides is 1. The maximum atomic E-state index is 13.2. The molecular weight excluding hydrogens is 338 g/mol. The predicted molar refractivity (Wildman–Crippen MR) is 107 cm³/mol. The molecule has 2 atom stereocenters. The molecule has 3 aliphatic rings. The highest BCUT2D eigenvalue weighted by Gasteiger charge is 2.51. The van der Waals surface area contributed by atoms with Crippen LogP contribution in [-0.4, -0.2) is 61.3 Å². The molecule has 0 unspecified atom stereocenters. The number of ether oxygens (including phenoxy) is 1. The van der Waals surface area contributed by atoms with Gasteiger partial charge in [0.05, 0.1) is 0 Å². The van der Waals surface area contributed by atoms with Crippen molar-refractivity contribution in [2.24, 2.45) is 0 Å². The van der Waals surface area contributed by atoms with E-state index in [-0.39, 0.29) is 11.4 Å². The van der Waals surface area contributed by atoms with E-state index >= 15 is 0 Å². The number of carbonyl (C=O) groups is 1. The minimum absolute atomic E-state index is 0.245. The lowest BCUT2D eigenvalue weighted by Gasteiger charge is -2.40. The molecule has 0 spiro atoms. The predicted octanol–water partition coefficient (Wildman–Crippen LogP) is 2.11. The zero-order valence-electron chi connectivity index (χ0n) is 16.3. The number of nitrogens with one attached hydrogen (secondary N) is 2. The molecule has 5 nitrogen and oxygen atoms in total. The first kappa shape index (κ1) is 18.9. The third-order valence-electron chi connectivity index (χ3n) is 6.56. The van der Waals surface area contributed by atoms with Gasteiger partial charge in [0.15, 0.2) is 0 Å². The number of nitrogens with zero attached hydrogens (tertiary/aromatic N) is 1. The summed E-state index contributed by atoms with van der Waals surface area (Å²) in [4.78, 5) is 15.7. The van der Waals surface area contributed by atoms with Gasteiger partial charge in [-0.05, 0) is 57.1 Å². The highest BCUT2D eigenvalue weighted by Crippen LogP contribution is 2.38. The van der Waals surface area contributed by atoms with E-state index in [4.69, 9.17) is 4.74 Å². The lowest BCUT2D eigenvalue weighted by Crippen LogP contribution is -2.57. The van der Waals surface area contributed by atoms with Crippen LogP contribution in [0.2, 0.25) is 0 Å². The summed E-state index contributed by atoms with van der Waals surface area (Å²) >= 11 is 0. The Morgan fingerprint density at radius 1 is 1.15 bits per heavy atom. The summed E-state index contributed by atoms with van der Waals surface area (Å²) in [6, 6.07) is 11.4. The molecule has 3 saturated heterocycles. The third-order valence-corrected chi connectivity index (χ3v) is 6.56. The molecule has 27 heavy (non-hydrogen) atoms. The van der Waals surface area contributed by atoms with Crippen molar-refractivity contribution in [1.29, 1.82) is 0 Å². The van der Waals surface area contributed by atoms with Gasteiger partial charge in [-0.15, -0.1) is 0 Å². The normalized spacial score (nSPS) is 29.4. The number of rotatable bonds is 6. The van der Waals surface area contributed by atoms with Crippen molar-refractivity contribution >= 4 is 5.91 Å². The molecule has 3 aliphatic heterocycles. The fourth-order valence-corrected chi connectivity index (χ4v) is 5.12. The van der Waals surface area contributed by atoms with Crippen LogP contribution in [0.4, 0.5) is 0 Å². The molecule has 2 N–H and O–H groups in total. The van der Waals surface area contributed by atoms with Crippen LogP contribution in [0.1, 0.15) is 44.1 Å². The average molecular weight is 372 g/mol. The quantitative estimate of drug-likeness (QED) is 0.804. The topological polar surface area (TPSA) is 53.6 Å². The minimum atomic E-state index is -0.294. The van der Waals surface area contributed by atoms with Crippen LogP contribution in [0, 0.1) is 0 Å². The standard InChI is InChI=1S/C22H33N3O2/c26-21(23-12-8-18-6-2-1-3-7-18)22-11-4-5-13-25(22)17-20(16-22)24-19-9-14-27-15-10-19/h1-3,6-7,19-20,24H,4-5,8-17H2,(H,23,26)/t20-,22-/m0/s1.